The van der Waals surface area contributed by atoms with Gasteiger partial charge in [0.1, 0.15) is 0 Å². The van der Waals surface area contributed by atoms with E-state index in [1.54, 1.807) is 38.5 Å². The first-order valence-corrected chi connectivity index (χ1v) is 8.11. The van der Waals surface area contributed by atoms with Crippen LogP contribution >= 0.6 is 8.58 Å². The molecule has 0 aromatic heterocycles. The fraction of sp³-hybridized carbons (Fsp3) is 1.00. The van der Waals surface area contributed by atoms with Gasteiger partial charge in [-0.25, -0.2) is 0 Å². The molecule has 0 spiro atoms. The van der Waals surface area contributed by atoms with Crippen LogP contribution in [0.4, 0.5) is 0 Å². The average Bonchev–Trinajstić information content (AvgIpc) is 2.12. The SMILES string of the molecule is CC(C)CPC12CC3CC(CC(C3)C1)C2. The zero-order valence-corrected chi connectivity index (χ0v) is 11.3. The van der Waals surface area contributed by atoms with Gasteiger partial charge in [0.25, 0.3) is 0 Å². The topological polar surface area (TPSA) is 0 Å². The van der Waals surface area contributed by atoms with Gasteiger partial charge in [-0.05, 0) is 73.5 Å². The molecule has 4 aliphatic rings. The second kappa shape index (κ2) is 3.73. The average molecular weight is 224 g/mol. The molecule has 86 valence electrons. The van der Waals surface area contributed by atoms with Crippen LogP contribution in [0.2, 0.25) is 0 Å². The Labute approximate surface area is 96.4 Å². The highest BCUT2D eigenvalue weighted by Gasteiger charge is 2.50. The van der Waals surface area contributed by atoms with Crippen LogP contribution in [0.3, 0.4) is 0 Å². The van der Waals surface area contributed by atoms with E-state index in [1.165, 1.54) is 14.7 Å². The van der Waals surface area contributed by atoms with Crippen molar-refractivity contribution in [3.8, 4) is 0 Å². The third-order valence-corrected chi connectivity index (χ3v) is 7.31. The number of hydrogen-bond acceptors (Lipinski definition) is 0. The fourth-order valence-corrected chi connectivity index (χ4v) is 6.89. The molecule has 0 saturated heterocycles. The third-order valence-electron chi connectivity index (χ3n) is 4.92. The molecule has 0 radical (unpaired) electrons. The Bertz CT molecular complexity index is 208. The summed E-state index contributed by atoms with van der Waals surface area (Å²) in [6, 6.07) is 0. The summed E-state index contributed by atoms with van der Waals surface area (Å²) in [5, 5.41) is 0.860. The van der Waals surface area contributed by atoms with Crippen LogP contribution in [0.1, 0.15) is 52.4 Å². The number of rotatable bonds is 3. The second-order valence-corrected chi connectivity index (χ2v) is 8.80. The Morgan fingerprint density at radius 2 is 1.47 bits per heavy atom. The summed E-state index contributed by atoms with van der Waals surface area (Å²) < 4.78 is 0. The van der Waals surface area contributed by atoms with Crippen molar-refractivity contribution < 1.29 is 0 Å². The van der Waals surface area contributed by atoms with Crippen molar-refractivity contribution >= 4 is 8.58 Å². The molecule has 4 rings (SSSR count). The third kappa shape index (κ3) is 1.99. The van der Waals surface area contributed by atoms with Gasteiger partial charge in [-0.2, -0.15) is 0 Å². The molecule has 15 heavy (non-hydrogen) atoms. The van der Waals surface area contributed by atoms with Crippen molar-refractivity contribution in [1.82, 2.24) is 0 Å². The molecule has 1 unspecified atom stereocenters. The summed E-state index contributed by atoms with van der Waals surface area (Å²) in [5.41, 5.74) is 0. The van der Waals surface area contributed by atoms with Gasteiger partial charge in [0.2, 0.25) is 0 Å². The Morgan fingerprint density at radius 1 is 1.00 bits per heavy atom. The lowest BCUT2D eigenvalue weighted by molar-refractivity contribution is 0.0367. The number of hydrogen-bond donors (Lipinski definition) is 0. The van der Waals surface area contributed by atoms with Gasteiger partial charge < -0.3 is 0 Å². The molecule has 1 heteroatoms. The summed E-state index contributed by atoms with van der Waals surface area (Å²) in [5.74, 6) is 4.37. The smallest absolute Gasteiger partial charge is 0.0114 e. The normalized spacial score (nSPS) is 48.6. The Kier molecular flexibility index (Phi) is 2.63. The van der Waals surface area contributed by atoms with Crippen LogP contribution < -0.4 is 0 Å². The maximum Gasteiger partial charge on any atom is -0.0114 e. The van der Waals surface area contributed by atoms with E-state index in [0.717, 1.165) is 28.8 Å². The molecular formula is C14H25P. The monoisotopic (exact) mass is 224 g/mol. The molecule has 0 aromatic rings. The second-order valence-electron chi connectivity index (χ2n) is 6.97. The predicted octanol–water partition coefficient (Wildman–Crippen LogP) is 4.29. The minimum absolute atomic E-state index is 0.860. The lowest BCUT2D eigenvalue weighted by Crippen LogP contribution is -2.48. The predicted molar refractivity (Wildman–Crippen MR) is 68.9 cm³/mol. The summed E-state index contributed by atoms with van der Waals surface area (Å²) in [7, 11) is 1.29. The first-order chi connectivity index (χ1) is 7.15. The van der Waals surface area contributed by atoms with Gasteiger partial charge in [-0.15, -0.1) is 8.58 Å². The summed E-state index contributed by atoms with van der Waals surface area (Å²) >= 11 is 0. The quantitative estimate of drug-likeness (QED) is 0.627. The minimum Gasteiger partial charge on any atom is -0.115 e. The van der Waals surface area contributed by atoms with E-state index >= 15 is 0 Å². The van der Waals surface area contributed by atoms with Crippen LogP contribution in [0.15, 0.2) is 0 Å². The molecule has 1 atom stereocenters. The van der Waals surface area contributed by atoms with Crippen LogP contribution in [0, 0.1) is 23.7 Å². The fourth-order valence-electron chi connectivity index (χ4n) is 4.75. The summed E-state index contributed by atoms with van der Waals surface area (Å²) in [6.07, 6.45) is 11.2. The van der Waals surface area contributed by atoms with Crippen molar-refractivity contribution in [2.75, 3.05) is 6.16 Å². The van der Waals surface area contributed by atoms with E-state index in [0.29, 0.717) is 0 Å². The molecule has 0 nitrogen and oxygen atoms in total. The zero-order valence-electron chi connectivity index (χ0n) is 10.3. The van der Waals surface area contributed by atoms with Gasteiger partial charge in [0, 0.05) is 0 Å². The maximum atomic E-state index is 2.40. The Hall–Kier alpha value is 0.430. The van der Waals surface area contributed by atoms with Gasteiger partial charge >= 0.3 is 0 Å². The molecule has 0 aliphatic heterocycles. The molecule has 4 fully saturated rings. The molecule has 4 aliphatic carbocycles. The van der Waals surface area contributed by atoms with Crippen LogP contribution in [-0.2, 0) is 0 Å². The highest BCUT2D eigenvalue weighted by molar-refractivity contribution is 7.40. The molecule has 4 bridgehead atoms. The van der Waals surface area contributed by atoms with Crippen molar-refractivity contribution in [2.24, 2.45) is 23.7 Å². The van der Waals surface area contributed by atoms with E-state index in [4.69, 9.17) is 0 Å². The van der Waals surface area contributed by atoms with E-state index in [-0.39, 0.29) is 0 Å². The molecule has 0 N–H and O–H groups in total. The minimum atomic E-state index is 0.860. The summed E-state index contributed by atoms with van der Waals surface area (Å²) in [4.78, 5) is 0. The van der Waals surface area contributed by atoms with Crippen molar-refractivity contribution in [3.05, 3.63) is 0 Å². The first kappa shape index (κ1) is 10.6. The van der Waals surface area contributed by atoms with Gasteiger partial charge in [0.15, 0.2) is 0 Å². The standard InChI is InChI=1S/C14H25P/c1-10(2)9-15-14-6-11-3-12(7-14)5-13(4-11)8-14/h10-13,15H,3-9H2,1-2H3. The molecular weight excluding hydrogens is 199 g/mol. The molecule has 0 aromatic carbocycles. The zero-order chi connectivity index (χ0) is 10.5. The molecule has 0 heterocycles. The van der Waals surface area contributed by atoms with Crippen molar-refractivity contribution in [2.45, 2.75) is 57.5 Å². The maximum absolute atomic E-state index is 2.40. The van der Waals surface area contributed by atoms with Crippen LogP contribution in [0.5, 0.6) is 0 Å². The van der Waals surface area contributed by atoms with Crippen LogP contribution in [0.25, 0.3) is 0 Å². The van der Waals surface area contributed by atoms with E-state index in [1.807, 2.05) is 0 Å². The lowest BCUT2D eigenvalue weighted by atomic mass is 9.56. The largest absolute Gasteiger partial charge is 0.115 e. The van der Waals surface area contributed by atoms with E-state index in [2.05, 4.69) is 13.8 Å². The van der Waals surface area contributed by atoms with E-state index < -0.39 is 0 Å². The first-order valence-electron chi connectivity index (χ1n) is 6.90. The van der Waals surface area contributed by atoms with Crippen molar-refractivity contribution in [3.63, 3.8) is 0 Å². The van der Waals surface area contributed by atoms with E-state index in [9.17, 15) is 0 Å². The highest BCUT2D eigenvalue weighted by Crippen LogP contribution is 2.62. The van der Waals surface area contributed by atoms with Gasteiger partial charge in [0.05, 0.1) is 0 Å². The summed E-state index contributed by atoms with van der Waals surface area (Å²) in [6.45, 7) is 4.79. The van der Waals surface area contributed by atoms with Gasteiger partial charge in [-0.3, -0.25) is 0 Å². The molecule has 0 amide bonds. The highest BCUT2D eigenvalue weighted by atomic mass is 31.1. The van der Waals surface area contributed by atoms with Crippen molar-refractivity contribution in [1.29, 1.82) is 0 Å². The van der Waals surface area contributed by atoms with Gasteiger partial charge in [-0.1, -0.05) is 13.8 Å². The lowest BCUT2D eigenvalue weighted by Gasteiger charge is -2.57. The Balaban J connectivity index is 1.70. The van der Waals surface area contributed by atoms with Crippen LogP contribution in [-0.4, -0.2) is 11.3 Å². The molecule has 4 saturated carbocycles. The Morgan fingerprint density at radius 3 is 1.87 bits per heavy atom.